The molecule has 0 spiro atoms. The first-order valence-corrected chi connectivity index (χ1v) is 9.87. The van der Waals surface area contributed by atoms with Crippen LogP contribution in [0.5, 0.6) is 5.75 Å². The van der Waals surface area contributed by atoms with E-state index in [1.807, 2.05) is 85.8 Å². The number of rotatable bonds is 5. The summed E-state index contributed by atoms with van der Waals surface area (Å²) in [5.74, 6) is 2.21. The zero-order valence-electron chi connectivity index (χ0n) is 16.6. The number of aryl methyl sites for hydroxylation is 1. The molecule has 0 amide bonds. The maximum atomic E-state index is 5.95. The third-order valence-electron chi connectivity index (χ3n) is 4.94. The monoisotopic (exact) mass is 392 g/mol. The molecular weight excluding hydrogens is 372 g/mol. The van der Waals surface area contributed by atoms with Crippen LogP contribution in [0, 0.1) is 6.92 Å². The van der Waals surface area contributed by atoms with Crippen LogP contribution in [0.4, 0.5) is 0 Å². The van der Waals surface area contributed by atoms with E-state index in [4.69, 9.17) is 9.15 Å². The Kier molecular flexibility index (Phi) is 4.74. The standard InChI is InChI=1S/C26H20N2O2/c1-18-27-25(26(30-18)21-8-3-2-4-9-21)20-12-15-23(16-13-20)29-17-22-14-11-19-7-5-6-10-24(19)28-22/h2-16H,17H2,1H3. The molecule has 0 aliphatic carbocycles. The molecule has 0 atom stereocenters. The maximum absolute atomic E-state index is 5.95. The van der Waals surface area contributed by atoms with Gasteiger partial charge < -0.3 is 9.15 Å². The van der Waals surface area contributed by atoms with Crippen LogP contribution < -0.4 is 4.74 Å². The van der Waals surface area contributed by atoms with Crippen LogP contribution in [0.15, 0.2) is 95.4 Å². The average Bonchev–Trinajstić information content (AvgIpc) is 3.20. The summed E-state index contributed by atoms with van der Waals surface area (Å²) in [6, 6.07) is 30.1. The number of nitrogens with zero attached hydrogens (tertiary/aromatic N) is 2. The molecule has 3 aromatic carbocycles. The lowest BCUT2D eigenvalue weighted by molar-refractivity contribution is 0.302. The largest absolute Gasteiger partial charge is 0.487 e. The number of benzene rings is 3. The lowest BCUT2D eigenvalue weighted by Crippen LogP contribution is -1.98. The average molecular weight is 392 g/mol. The van der Waals surface area contributed by atoms with Crippen molar-refractivity contribution in [3.63, 3.8) is 0 Å². The van der Waals surface area contributed by atoms with Crippen LogP contribution in [0.2, 0.25) is 0 Å². The molecule has 5 aromatic rings. The van der Waals surface area contributed by atoms with E-state index in [2.05, 4.69) is 22.1 Å². The van der Waals surface area contributed by atoms with Crippen molar-refractivity contribution in [2.45, 2.75) is 13.5 Å². The van der Waals surface area contributed by atoms with Crippen molar-refractivity contribution in [3.8, 4) is 28.3 Å². The van der Waals surface area contributed by atoms with Gasteiger partial charge in [0.05, 0.1) is 11.2 Å². The van der Waals surface area contributed by atoms with E-state index in [9.17, 15) is 0 Å². The summed E-state index contributed by atoms with van der Waals surface area (Å²) in [6.07, 6.45) is 0. The molecule has 30 heavy (non-hydrogen) atoms. The number of oxazole rings is 1. The highest BCUT2D eigenvalue weighted by atomic mass is 16.5. The smallest absolute Gasteiger partial charge is 0.192 e. The molecule has 0 saturated heterocycles. The lowest BCUT2D eigenvalue weighted by atomic mass is 10.1. The Morgan fingerprint density at radius 3 is 2.33 bits per heavy atom. The molecule has 4 nitrogen and oxygen atoms in total. The number of para-hydroxylation sites is 1. The molecule has 0 radical (unpaired) electrons. The van der Waals surface area contributed by atoms with Gasteiger partial charge in [-0.05, 0) is 36.4 Å². The Labute approximate surface area is 174 Å². The van der Waals surface area contributed by atoms with Crippen molar-refractivity contribution in [1.82, 2.24) is 9.97 Å². The minimum Gasteiger partial charge on any atom is -0.487 e. The zero-order valence-corrected chi connectivity index (χ0v) is 16.6. The molecule has 0 saturated carbocycles. The SMILES string of the molecule is Cc1nc(-c2ccc(OCc3ccc4ccccc4n3)cc2)c(-c2ccccc2)o1. The van der Waals surface area contributed by atoms with E-state index in [1.54, 1.807) is 0 Å². The number of pyridine rings is 1. The first-order valence-electron chi connectivity index (χ1n) is 9.87. The quantitative estimate of drug-likeness (QED) is 0.345. The summed E-state index contributed by atoms with van der Waals surface area (Å²) in [6.45, 7) is 2.28. The second-order valence-electron chi connectivity index (χ2n) is 7.08. The Balaban J connectivity index is 1.35. The van der Waals surface area contributed by atoms with Gasteiger partial charge in [0.25, 0.3) is 0 Å². The fraction of sp³-hybridized carbons (Fsp3) is 0.0769. The summed E-state index contributed by atoms with van der Waals surface area (Å²) in [4.78, 5) is 9.25. The molecule has 5 rings (SSSR count). The van der Waals surface area contributed by atoms with Gasteiger partial charge in [0, 0.05) is 23.4 Å². The second kappa shape index (κ2) is 7.84. The molecule has 146 valence electrons. The van der Waals surface area contributed by atoms with Crippen molar-refractivity contribution in [2.75, 3.05) is 0 Å². The van der Waals surface area contributed by atoms with Crippen molar-refractivity contribution < 1.29 is 9.15 Å². The summed E-state index contributed by atoms with van der Waals surface area (Å²) in [5, 5.41) is 1.13. The molecule has 0 fully saturated rings. The van der Waals surface area contributed by atoms with Gasteiger partial charge >= 0.3 is 0 Å². The highest BCUT2D eigenvalue weighted by Crippen LogP contribution is 2.33. The molecule has 0 N–H and O–H groups in total. The lowest BCUT2D eigenvalue weighted by Gasteiger charge is -2.08. The van der Waals surface area contributed by atoms with Crippen LogP contribution in [0.1, 0.15) is 11.6 Å². The summed E-state index contributed by atoms with van der Waals surface area (Å²) in [7, 11) is 0. The van der Waals surface area contributed by atoms with Crippen LogP contribution in [0.25, 0.3) is 33.5 Å². The first kappa shape index (κ1) is 18.1. The van der Waals surface area contributed by atoms with Gasteiger partial charge in [0.1, 0.15) is 18.1 Å². The molecule has 0 bridgehead atoms. The number of aromatic nitrogens is 2. The highest BCUT2D eigenvalue weighted by Gasteiger charge is 2.15. The van der Waals surface area contributed by atoms with Crippen molar-refractivity contribution in [2.24, 2.45) is 0 Å². The molecular formula is C26H20N2O2. The van der Waals surface area contributed by atoms with Gasteiger partial charge in [-0.1, -0.05) is 54.6 Å². The summed E-state index contributed by atoms with van der Waals surface area (Å²) in [5.41, 5.74) is 4.71. The van der Waals surface area contributed by atoms with Crippen molar-refractivity contribution in [3.05, 3.63) is 103 Å². The molecule has 0 aliphatic rings. The van der Waals surface area contributed by atoms with E-state index in [1.165, 1.54) is 0 Å². The van der Waals surface area contributed by atoms with E-state index >= 15 is 0 Å². The molecule has 0 aliphatic heterocycles. The van der Waals surface area contributed by atoms with Crippen LogP contribution in [-0.2, 0) is 6.61 Å². The van der Waals surface area contributed by atoms with E-state index < -0.39 is 0 Å². The van der Waals surface area contributed by atoms with Gasteiger partial charge in [-0.2, -0.15) is 0 Å². The fourth-order valence-corrected chi connectivity index (χ4v) is 3.46. The normalized spacial score (nSPS) is 11.0. The minimum absolute atomic E-state index is 0.419. The molecule has 2 aromatic heterocycles. The van der Waals surface area contributed by atoms with Crippen LogP contribution >= 0.6 is 0 Å². The van der Waals surface area contributed by atoms with E-state index in [0.29, 0.717) is 12.5 Å². The van der Waals surface area contributed by atoms with Gasteiger partial charge in [0.2, 0.25) is 0 Å². The van der Waals surface area contributed by atoms with Crippen LogP contribution in [-0.4, -0.2) is 9.97 Å². The summed E-state index contributed by atoms with van der Waals surface area (Å²) < 4.78 is 11.8. The van der Waals surface area contributed by atoms with Gasteiger partial charge in [-0.25, -0.2) is 9.97 Å². The highest BCUT2D eigenvalue weighted by molar-refractivity contribution is 5.78. The predicted octanol–water partition coefficient (Wildman–Crippen LogP) is 6.44. The van der Waals surface area contributed by atoms with E-state index in [0.717, 1.165) is 44.9 Å². The minimum atomic E-state index is 0.419. The van der Waals surface area contributed by atoms with E-state index in [-0.39, 0.29) is 0 Å². The van der Waals surface area contributed by atoms with Crippen molar-refractivity contribution >= 4 is 10.9 Å². The van der Waals surface area contributed by atoms with Crippen molar-refractivity contribution in [1.29, 1.82) is 0 Å². The number of ether oxygens (including phenoxy) is 1. The predicted molar refractivity (Wildman–Crippen MR) is 118 cm³/mol. The van der Waals surface area contributed by atoms with Crippen LogP contribution in [0.3, 0.4) is 0 Å². The topological polar surface area (TPSA) is 48.2 Å². The van der Waals surface area contributed by atoms with Gasteiger partial charge in [-0.15, -0.1) is 0 Å². The zero-order chi connectivity index (χ0) is 20.3. The molecule has 4 heteroatoms. The Hall–Kier alpha value is -3.92. The Bertz CT molecular complexity index is 1290. The first-order chi connectivity index (χ1) is 14.8. The Morgan fingerprint density at radius 1 is 0.733 bits per heavy atom. The third kappa shape index (κ3) is 3.67. The molecule has 0 unspecified atom stereocenters. The fourth-order valence-electron chi connectivity index (χ4n) is 3.46. The molecule has 2 heterocycles. The Morgan fingerprint density at radius 2 is 1.50 bits per heavy atom. The number of fused-ring (bicyclic) bond motifs is 1. The summed E-state index contributed by atoms with van der Waals surface area (Å²) >= 11 is 0. The maximum Gasteiger partial charge on any atom is 0.192 e. The number of hydrogen-bond donors (Lipinski definition) is 0. The number of hydrogen-bond acceptors (Lipinski definition) is 4. The van der Waals surface area contributed by atoms with Gasteiger partial charge in [-0.3, -0.25) is 0 Å². The van der Waals surface area contributed by atoms with Gasteiger partial charge in [0.15, 0.2) is 11.7 Å². The second-order valence-corrected chi connectivity index (χ2v) is 7.08. The third-order valence-corrected chi connectivity index (χ3v) is 4.94.